The number of carboxylic acid groups (broad SMARTS) is 2. The van der Waals surface area contributed by atoms with Crippen molar-refractivity contribution in [2.45, 2.75) is 120 Å². The standard InChI is InChI=1S/C53H69N11O13S2/c1-28(2)44(53(76)77)64-52(75)42-27-79-78-26-41(62-50(73)40(24-43(66)67)58-45(68)29(3)55)51(74)60-37(21-30-11-5-4-6-12-30)47(70)61-39(23-32-25-56-35-14-8-7-13-34(32)35)49(72)57-36(15-9-10-20-54)46(69)59-38(48(71)63-42)22-31-16-18-33(65)19-17-31/h4-8,11-14,16-19,25,28-29,36-42,44,56,65H,9-10,15,20-24,26-27,54-55H2,1-3H3,(H,57,72)(H,58,68)(H,59,69)(H,60,74)(H,61,70)(H,62,73)(H,63,71)(H,64,75)(H,66,67)(H,76,77)/t29-,36-,37-,38-,39-,40-,41-,42-,44-/m0/s1. The van der Waals surface area contributed by atoms with Gasteiger partial charge in [-0.3, -0.25) is 43.2 Å². The highest BCUT2D eigenvalue weighted by Crippen LogP contribution is 2.25. The van der Waals surface area contributed by atoms with Crippen LogP contribution in [0.4, 0.5) is 0 Å². The molecule has 1 aliphatic heterocycles. The van der Waals surface area contributed by atoms with E-state index in [0.29, 0.717) is 34.9 Å². The van der Waals surface area contributed by atoms with Gasteiger partial charge in [0.2, 0.25) is 47.3 Å². The lowest BCUT2D eigenvalue weighted by Gasteiger charge is -2.29. The molecule has 26 heteroatoms. The van der Waals surface area contributed by atoms with Gasteiger partial charge in [-0.15, -0.1) is 0 Å². The van der Waals surface area contributed by atoms with Crippen LogP contribution in [0.15, 0.2) is 85.1 Å². The van der Waals surface area contributed by atoms with Crippen LogP contribution in [0.5, 0.6) is 5.75 Å². The summed E-state index contributed by atoms with van der Waals surface area (Å²) in [7, 11) is 1.79. The summed E-state index contributed by atoms with van der Waals surface area (Å²) in [6.07, 6.45) is 0.964. The number of aliphatic carboxylic acids is 2. The van der Waals surface area contributed by atoms with Gasteiger partial charge in [-0.1, -0.05) is 96.1 Å². The number of fused-ring (bicyclic) bond motifs is 1. The fraction of sp³-hybridized carbons (Fsp3) is 0.434. The SMILES string of the molecule is CC(C)[C@H](NC(=O)[C@@H]1CSSC[C@H](NC(=O)[C@H](CC(=O)O)NC(=O)[C@H](C)N)C(=O)N[C@@H](Cc2ccccc2)C(=O)N[C@@H](Cc2c[nH]c3ccccc23)C(=O)N[C@@H](CCCCN)C(=O)N[C@@H](Cc2ccc(O)cc2)C(=O)N1)C(=O)O. The normalized spacial score (nSPS) is 21.2. The number of carboxylic acids is 2. The van der Waals surface area contributed by atoms with Gasteiger partial charge in [0.05, 0.1) is 12.5 Å². The van der Waals surface area contributed by atoms with E-state index in [2.05, 4.69) is 47.5 Å². The Morgan fingerprint density at radius 1 is 0.658 bits per heavy atom. The average Bonchev–Trinajstić information content (AvgIpc) is 3.82. The Kier molecular flexibility index (Phi) is 24.0. The number of phenolic OH excluding ortho intramolecular Hbond substituents is 1. The van der Waals surface area contributed by atoms with Crippen molar-refractivity contribution in [2.24, 2.45) is 17.4 Å². The molecule has 0 bridgehead atoms. The van der Waals surface area contributed by atoms with E-state index >= 15 is 0 Å². The summed E-state index contributed by atoms with van der Waals surface area (Å²) in [5, 5.41) is 51.4. The van der Waals surface area contributed by atoms with E-state index in [0.717, 1.165) is 27.1 Å². The highest BCUT2D eigenvalue weighted by Gasteiger charge is 2.37. The number of hydrogen-bond donors (Lipinski definition) is 14. The molecule has 5 rings (SSSR count). The summed E-state index contributed by atoms with van der Waals surface area (Å²) in [6, 6.07) is 8.28. The maximum absolute atomic E-state index is 14.9. The van der Waals surface area contributed by atoms with Gasteiger partial charge >= 0.3 is 11.9 Å². The number of H-pyrrole nitrogens is 1. The van der Waals surface area contributed by atoms with E-state index in [1.165, 1.54) is 31.2 Å². The molecule has 4 aromatic rings. The van der Waals surface area contributed by atoms with Crippen LogP contribution in [0.1, 0.15) is 63.1 Å². The summed E-state index contributed by atoms with van der Waals surface area (Å²) in [4.78, 5) is 142. The van der Waals surface area contributed by atoms with Gasteiger partial charge in [0, 0.05) is 47.9 Å². The molecule has 2 heterocycles. The highest BCUT2D eigenvalue weighted by atomic mass is 33.1. The second-order valence-corrected chi connectivity index (χ2v) is 21.9. The number of aromatic hydroxyl groups is 1. The van der Waals surface area contributed by atoms with E-state index in [-0.39, 0.29) is 49.5 Å². The second-order valence-electron chi connectivity index (χ2n) is 19.4. The summed E-state index contributed by atoms with van der Waals surface area (Å²) < 4.78 is 0. The van der Waals surface area contributed by atoms with E-state index in [1.54, 1.807) is 62.5 Å². The zero-order valence-electron chi connectivity index (χ0n) is 43.8. The number of nitrogens with one attached hydrogen (secondary N) is 9. The molecule has 0 saturated carbocycles. The number of rotatable bonds is 20. The first kappa shape index (κ1) is 62.2. The number of unbranched alkanes of at least 4 members (excludes halogenated alkanes) is 1. The molecular weight excluding hydrogens is 1060 g/mol. The number of aromatic amines is 1. The third kappa shape index (κ3) is 19.3. The fourth-order valence-electron chi connectivity index (χ4n) is 8.31. The predicted octanol–water partition coefficient (Wildman–Crippen LogP) is -0.134. The van der Waals surface area contributed by atoms with Crippen molar-refractivity contribution in [3.63, 3.8) is 0 Å². The number of phenols is 1. The van der Waals surface area contributed by atoms with Crippen molar-refractivity contribution in [3.8, 4) is 5.75 Å². The molecular formula is C53H69N11O13S2. The van der Waals surface area contributed by atoms with E-state index < -0.39 is 126 Å². The Hall–Kier alpha value is -7.68. The Morgan fingerprint density at radius 3 is 1.82 bits per heavy atom. The number of benzene rings is 3. The maximum Gasteiger partial charge on any atom is 0.326 e. The molecule has 0 aliphatic carbocycles. The van der Waals surface area contributed by atoms with Crippen LogP contribution in [0.2, 0.25) is 0 Å². The van der Waals surface area contributed by atoms with Crippen molar-refractivity contribution in [1.82, 2.24) is 47.5 Å². The average molecular weight is 1130 g/mol. The summed E-state index contributed by atoms with van der Waals surface area (Å²) in [5.41, 5.74) is 13.9. The Morgan fingerprint density at radius 2 is 1.22 bits per heavy atom. The molecule has 9 atom stereocenters. The van der Waals surface area contributed by atoms with E-state index in [9.17, 15) is 63.3 Å². The van der Waals surface area contributed by atoms with Crippen LogP contribution in [0.25, 0.3) is 10.9 Å². The maximum atomic E-state index is 14.9. The smallest absolute Gasteiger partial charge is 0.326 e. The quantitative estimate of drug-likeness (QED) is 0.0405. The number of para-hydroxylation sites is 1. The summed E-state index contributed by atoms with van der Waals surface area (Å²) >= 11 is 0. The van der Waals surface area contributed by atoms with Crippen molar-refractivity contribution in [1.29, 1.82) is 0 Å². The minimum Gasteiger partial charge on any atom is -0.508 e. The second kappa shape index (κ2) is 30.5. The molecule has 426 valence electrons. The van der Waals surface area contributed by atoms with Crippen LogP contribution in [0, 0.1) is 5.92 Å². The number of nitrogens with two attached hydrogens (primary N) is 2. The topological polar surface area (TPSA) is 395 Å². The van der Waals surface area contributed by atoms with Crippen LogP contribution in [0.3, 0.4) is 0 Å². The first-order valence-corrected chi connectivity index (χ1v) is 28.1. The number of carbonyl (C=O) groups is 10. The zero-order valence-corrected chi connectivity index (χ0v) is 45.5. The molecule has 8 amide bonds. The van der Waals surface area contributed by atoms with Crippen LogP contribution < -0.4 is 54.0 Å². The number of hydrogen-bond acceptors (Lipinski definition) is 15. The molecule has 0 unspecified atom stereocenters. The molecule has 1 aliphatic rings. The molecule has 0 radical (unpaired) electrons. The van der Waals surface area contributed by atoms with Gasteiger partial charge in [-0.2, -0.15) is 0 Å². The Bertz CT molecular complexity index is 2780. The molecule has 79 heavy (non-hydrogen) atoms. The van der Waals surface area contributed by atoms with Crippen LogP contribution >= 0.6 is 21.6 Å². The van der Waals surface area contributed by atoms with Gasteiger partial charge in [-0.25, -0.2) is 4.79 Å². The zero-order chi connectivity index (χ0) is 57.8. The van der Waals surface area contributed by atoms with Gasteiger partial charge in [0.1, 0.15) is 54.1 Å². The monoisotopic (exact) mass is 1130 g/mol. The molecule has 1 aromatic heterocycles. The minimum absolute atomic E-state index is 0.00277. The number of amides is 8. The first-order valence-electron chi connectivity index (χ1n) is 25.6. The lowest BCUT2D eigenvalue weighted by molar-refractivity contribution is -0.143. The lowest BCUT2D eigenvalue weighted by atomic mass is 10.0. The number of carbonyl (C=O) groups excluding carboxylic acids is 8. The molecule has 1 fully saturated rings. The number of aromatic nitrogens is 1. The summed E-state index contributed by atoms with van der Waals surface area (Å²) in [6.45, 7) is 4.66. The van der Waals surface area contributed by atoms with Crippen molar-refractivity contribution < 1.29 is 63.3 Å². The van der Waals surface area contributed by atoms with Gasteiger partial charge in [0.15, 0.2) is 0 Å². The molecule has 3 aromatic carbocycles. The minimum atomic E-state index is -1.74. The van der Waals surface area contributed by atoms with E-state index in [1.807, 2.05) is 12.1 Å². The molecule has 1 saturated heterocycles. The van der Waals surface area contributed by atoms with E-state index in [4.69, 9.17) is 11.5 Å². The highest BCUT2D eigenvalue weighted by molar-refractivity contribution is 8.76. The van der Waals surface area contributed by atoms with Crippen LogP contribution in [-0.2, 0) is 67.2 Å². The van der Waals surface area contributed by atoms with Crippen LogP contribution in [-0.4, -0.2) is 152 Å². The summed E-state index contributed by atoms with van der Waals surface area (Å²) in [5.74, 6) is -11.6. The Labute approximate surface area is 463 Å². The third-order valence-electron chi connectivity index (χ3n) is 12.7. The van der Waals surface area contributed by atoms with Crippen molar-refractivity contribution in [3.05, 3.63) is 102 Å². The first-order chi connectivity index (χ1) is 37.6. The fourth-order valence-corrected chi connectivity index (χ4v) is 10.6. The molecule has 16 N–H and O–H groups in total. The van der Waals surface area contributed by atoms with Crippen molar-refractivity contribution >= 4 is 91.7 Å². The Balaban J connectivity index is 1.64. The molecule has 0 spiro atoms. The van der Waals surface area contributed by atoms with Gasteiger partial charge in [-0.05, 0) is 73.5 Å². The predicted molar refractivity (Wildman–Crippen MR) is 296 cm³/mol. The lowest BCUT2D eigenvalue weighted by Crippen LogP contribution is -2.61. The molecule has 24 nitrogen and oxygen atoms in total. The largest absolute Gasteiger partial charge is 0.508 e. The van der Waals surface area contributed by atoms with Crippen molar-refractivity contribution in [2.75, 3.05) is 18.1 Å². The third-order valence-corrected chi connectivity index (χ3v) is 15.1. The van der Waals surface area contributed by atoms with Gasteiger partial charge in [0.25, 0.3) is 0 Å². The van der Waals surface area contributed by atoms with Gasteiger partial charge < -0.3 is 74.3 Å².